The SMILES string of the molecule is CC(C)[C@@H]([NH3+])C(=O)[O-].CC(C)[C@@H]([NH3+])C(=O)[O-].O=C(O)/C=C/C(=O)O. The highest BCUT2D eigenvalue weighted by atomic mass is 16.4. The van der Waals surface area contributed by atoms with Gasteiger partial charge in [-0.15, -0.1) is 0 Å². The molecule has 0 aromatic heterocycles. The molecule has 0 spiro atoms. The van der Waals surface area contributed by atoms with Gasteiger partial charge in [0.25, 0.3) is 0 Å². The molecule has 0 aliphatic carbocycles. The summed E-state index contributed by atoms with van der Waals surface area (Å²) in [6, 6.07) is -1.15. The van der Waals surface area contributed by atoms with Gasteiger partial charge >= 0.3 is 11.9 Å². The summed E-state index contributed by atoms with van der Waals surface area (Å²) in [4.78, 5) is 39.0. The van der Waals surface area contributed by atoms with Crippen molar-refractivity contribution in [1.82, 2.24) is 0 Å². The molecule has 10 nitrogen and oxygen atoms in total. The first-order chi connectivity index (χ1) is 10.7. The van der Waals surface area contributed by atoms with Crippen LogP contribution < -0.4 is 21.7 Å². The lowest BCUT2D eigenvalue weighted by atomic mass is 10.1. The average Bonchev–Trinajstić information content (AvgIpc) is 2.44. The van der Waals surface area contributed by atoms with Crippen LogP contribution in [0.2, 0.25) is 0 Å². The lowest BCUT2D eigenvalue weighted by molar-refractivity contribution is -0.446. The van der Waals surface area contributed by atoms with E-state index in [-0.39, 0.29) is 11.8 Å². The first-order valence-corrected chi connectivity index (χ1v) is 6.95. The molecule has 0 saturated heterocycles. The molecule has 0 bridgehead atoms. The van der Waals surface area contributed by atoms with Gasteiger partial charge < -0.3 is 41.5 Å². The molecular formula is C14H26N2O8. The van der Waals surface area contributed by atoms with Crippen LogP contribution in [0.1, 0.15) is 27.7 Å². The molecule has 2 atom stereocenters. The van der Waals surface area contributed by atoms with Gasteiger partial charge in [0, 0.05) is 24.0 Å². The molecule has 0 saturated carbocycles. The summed E-state index contributed by atoms with van der Waals surface area (Å²) in [6.07, 6.45) is 1.12. The Hall–Kier alpha value is -2.46. The van der Waals surface area contributed by atoms with Crippen molar-refractivity contribution in [1.29, 1.82) is 0 Å². The quantitative estimate of drug-likeness (QED) is 0.343. The third-order valence-electron chi connectivity index (χ3n) is 2.58. The second-order valence-electron chi connectivity index (χ2n) is 5.35. The van der Waals surface area contributed by atoms with Gasteiger partial charge in [0.2, 0.25) is 0 Å². The minimum Gasteiger partial charge on any atom is -0.544 e. The molecule has 24 heavy (non-hydrogen) atoms. The first kappa shape index (κ1) is 26.4. The van der Waals surface area contributed by atoms with Crippen LogP contribution in [0.4, 0.5) is 0 Å². The average molecular weight is 350 g/mol. The van der Waals surface area contributed by atoms with Gasteiger partial charge in [-0.25, -0.2) is 9.59 Å². The molecule has 0 fully saturated rings. The number of hydrogen-bond acceptors (Lipinski definition) is 6. The largest absolute Gasteiger partial charge is 0.544 e. The molecule has 140 valence electrons. The fourth-order valence-corrected chi connectivity index (χ4v) is 0.687. The van der Waals surface area contributed by atoms with Crippen molar-refractivity contribution < 1.29 is 51.1 Å². The fraction of sp³-hybridized carbons (Fsp3) is 0.571. The number of rotatable bonds is 6. The minimum atomic E-state index is -1.26. The number of carboxylic acids is 4. The standard InChI is InChI=1S/2C5H11NO2.C4H4O4/c2*1-3(2)4(6)5(7)8;5-3(6)1-2-4(7)8/h2*3-4H,6H2,1-2H3,(H,7,8);1-2H,(H,5,6)(H,7,8)/b;;2-1+/t2*4-;/m11./s1. The Morgan fingerprint density at radius 2 is 0.958 bits per heavy atom. The summed E-state index contributed by atoms with van der Waals surface area (Å²) in [7, 11) is 0. The van der Waals surface area contributed by atoms with Crippen LogP contribution in [-0.2, 0) is 19.2 Å². The van der Waals surface area contributed by atoms with Gasteiger partial charge in [-0.3, -0.25) is 0 Å². The second-order valence-corrected chi connectivity index (χ2v) is 5.35. The van der Waals surface area contributed by atoms with E-state index in [4.69, 9.17) is 10.2 Å². The van der Waals surface area contributed by atoms with Gasteiger partial charge in [0.15, 0.2) is 0 Å². The van der Waals surface area contributed by atoms with Crippen LogP contribution in [0.5, 0.6) is 0 Å². The Morgan fingerprint density at radius 1 is 0.750 bits per heavy atom. The van der Waals surface area contributed by atoms with Crippen LogP contribution in [0, 0.1) is 11.8 Å². The molecule has 0 unspecified atom stereocenters. The molecule has 0 amide bonds. The molecule has 0 aliphatic rings. The molecule has 0 aliphatic heterocycles. The van der Waals surface area contributed by atoms with Crippen molar-refractivity contribution in [3.8, 4) is 0 Å². The van der Waals surface area contributed by atoms with Crippen molar-refractivity contribution in [3.63, 3.8) is 0 Å². The van der Waals surface area contributed by atoms with Crippen molar-refractivity contribution in [2.45, 2.75) is 39.8 Å². The number of aliphatic carboxylic acids is 4. The molecule has 0 rings (SSSR count). The molecule has 0 heterocycles. The maximum absolute atomic E-state index is 9.97. The summed E-state index contributed by atoms with van der Waals surface area (Å²) in [6.45, 7) is 7.20. The fourth-order valence-electron chi connectivity index (χ4n) is 0.687. The highest BCUT2D eigenvalue weighted by Crippen LogP contribution is 1.93. The van der Waals surface area contributed by atoms with E-state index in [1.54, 1.807) is 27.7 Å². The lowest BCUT2D eigenvalue weighted by Crippen LogP contribution is -2.70. The summed E-state index contributed by atoms with van der Waals surface area (Å²) in [5, 5.41) is 35.6. The van der Waals surface area contributed by atoms with Gasteiger partial charge in [0.05, 0.1) is 11.9 Å². The summed E-state index contributed by atoms with van der Waals surface area (Å²) in [5.74, 6) is -4.51. The minimum absolute atomic E-state index is 0.0694. The Morgan fingerprint density at radius 3 is 1.00 bits per heavy atom. The Bertz CT molecular complexity index is 406. The summed E-state index contributed by atoms with van der Waals surface area (Å²) < 4.78 is 0. The molecular weight excluding hydrogens is 324 g/mol. The molecule has 8 N–H and O–H groups in total. The first-order valence-electron chi connectivity index (χ1n) is 6.95. The summed E-state index contributed by atoms with van der Waals surface area (Å²) >= 11 is 0. The number of carbonyl (C=O) groups excluding carboxylic acids is 2. The van der Waals surface area contributed by atoms with E-state index in [0.29, 0.717) is 12.2 Å². The Kier molecular flexibility index (Phi) is 15.6. The molecule has 0 radical (unpaired) electrons. The van der Waals surface area contributed by atoms with Crippen LogP contribution in [0.3, 0.4) is 0 Å². The zero-order valence-electron chi connectivity index (χ0n) is 14.2. The van der Waals surface area contributed by atoms with Crippen LogP contribution in [0.15, 0.2) is 12.2 Å². The van der Waals surface area contributed by atoms with Crippen LogP contribution in [0.25, 0.3) is 0 Å². The molecule has 0 aromatic carbocycles. The monoisotopic (exact) mass is 350 g/mol. The van der Waals surface area contributed by atoms with Gasteiger partial charge in [-0.05, 0) is 0 Å². The summed E-state index contributed by atoms with van der Waals surface area (Å²) in [5.41, 5.74) is 6.75. The van der Waals surface area contributed by atoms with E-state index < -0.39 is 36.0 Å². The van der Waals surface area contributed by atoms with E-state index in [1.807, 2.05) is 0 Å². The number of carboxylic acid groups (broad SMARTS) is 4. The van der Waals surface area contributed by atoms with Crippen molar-refractivity contribution in [3.05, 3.63) is 12.2 Å². The lowest BCUT2D eigenvalue weighted by Gasteiger charge is -2.11. The number of hydrogen-bond donors (Lipinski definition) is 4. The highest BCUT2D eigenvalue weighted by Gasteiger charge is 2.11. The smallest absolute Gasteiger partial charge is 0.328 e. The number of carbonyl (C=O) groups is 4. The second kappa shape index (κ2) is 14.2. The van der Waals surface area contributed by atoms with Crippen molar-refractivity contribution in [2.75, 3.05) is 0 Å². The predicted octanol–water partition coefficient (Wildman–Crippen LogP) is -4.28. The van der Waals surface area contributed by atoms with Crippen LogP contribution in [-0.4, -0.2) is 46.2 Å². The molecule has 10 heteroatoms. The topological polar surface area (TPSA) is 210 Å². The van der Waals surface area contributed by atoms with Crippen molar-refractivity contribution in [2.24, 2.45) is 11.8 Å². The third kappa shape index (κ3) is 19.5. The van der Waals surface area contributed by atoms with Crippen LogP contribution >= 0.6 is 0 Å². The highest BCUT2D eigenvalue weighted by molar-refractivity contribution is 5.89. The Labute approximate surface area is 139 Å². The number of quaternary nitrogens is 2. The zero-order chi connectivity index (χ0) is 20.0. The van der Waals surface area contributed by atoms with E-state index in [0.717, 1.165) is 0 Å². The third-order valence-corrected chi connectivity index (χ3v) is 2.58. The van der Waals surface area contributed by atoms with Gasteiger partial charge in [-0.1, -0.05) is 27.7 Å². The Balaban J connectivity index is -0.000000276. The normalized spacial score (nSPS) is 12.5. The maximum atomic E-state index is 9.97. The van der Waals surface area contributed by atoms with Crippen molar-refractivity contribution >= 4 is 23.9 Å². The van der Waals surface area contributed by atoms with Gasteiger partial charge in [0.1, 0.15) is 12.1 Å². The zero-order valence-corrected chi connectivity index (χ0v) is 14.2. The van der Waals surface area contributed by atoms with E-state index >= 15 is 0 Å². The van der Waals surface area contributed by atoms with E-state index in [2.05, 4.69) is 11.5 Å². The maximum Gasteiger partial charge on any atom is 0.328 e. The van der Waals surface area contributed by atoms with E-state index in [9.17, 15) is 29.4 Å². The van der Waals surface area contributed by atoms with E-state index in [1.165, 1.54) is 0 Å². The molecule has 0 aromatic rings. The van der Waals surface area contributed by atoms with Gasteiger partial charge in [-0.2, -0.15) is 0 Å². The predicted molar refractivity (Wildman–Crippen MR) is 77.5 cm³/mol.